The molecule has 2 heterocycles. The molecule has 0 radical (unpaired) electrons. The minimum atomic E-state index is -0.121. The summed E-state index contributed by atoms with van der Waals surface area (Å²) in [7, 11) is 4.06. The lowest BCUT2D eigenvalue weighted by atomic mass is 9.89. The van der Waals surface area contributed by atoms with Gasteiger partial charge in [-0.05, 0) is 44.5 Å². The lowest BCUT2D eigenvalue weighted by molar-refractivity contribution is 0.0472. The van der Waals surface area contributed by atoms with Crippen molar-refractivity contribution >= 4 is 5.91 Å². The number of aromatic nitrogens is 3. The largest absolute Gasteiger partial charge is 0.396 e. The van der Waals surface area contributed by atoms with Gasteiger partial charge in [-0.25, -0.2) is 4.68 Å². The van der Waals surface area contributed by atoms with Crippen LogP contribution in [0.2, 0.25) is 0 Å². The van der Waals surface area contributed by atoms with Crippen molar-refractivity contribution in [3.8, 4) is 5.69 Å². The van der Waals surface area contributed by atoms with E-state index in [1.54, 1.807) is 15.8 Å². The van der Waals surface area contributed by atoms with Gasteiger partial charge in [-0.2, -0.15) is 0 Å². The van der Waals surface area contributed by atoms with Gasteiger partial charge in [-0.1, -0.05) is 23.4 Å². The number of rotatable bonds is 5. The molecule has 2 atom stereocenters. The summed E-state index contributed by atoms with van der Waals surface area (Å²) >= 11 is 0. The summed E-state index contributed by atoms with van der Waals surface area (Å²) in [6.45, 7) is 2.25. The van der Waals surface area contributed by atoms with E-state index in [1.807, 2.05) is 44.4 Å². The van der Waals surface area contributed by atoms with Crippen LogP contribution in [0.5, 0.6) is 0 Å². The van der Waals surface area contributed by atoms with Gasteiger partial charge in [0, 0.05) is 26.2 Å². The van der Waals surface area contributed by atoms with Crippen LogP contribution in [0.1, 0.15) is 16.9 Å². The van der Waals surface area contributed by atoms with Crippen molar-refractivity contribution < 1.29 is 9.90 Å². The summed E-state index contributed by atoms with van der Waals surface area (Å²) in [6.07, 6.45) is 2.61. The van der Waals surface area contributed by atoms with Crippen molar-refractivity contribution in [3.05, 3.63) is 42.2 Å². The molecule has 1 aliphatic heterocycles. The van der Waals surface area contributed by atoms with E-state index in [0.717, 1.165) is 18.7 Å². The molecule has 0 saturated carbocycles. The highest BCUT2D eigenvalue weighted by atomic mass is 16.3. The molecule has 25 heavy (non-hydrogen) atoms. The van der Waals surface area contributed by atoms with Gasteiger partial charge in [-0.3, -0.25) is 4.79 Å². The van der Waals surface area contributed by atoms with E-state index >= 15 is 0 Å². The third-order valence-electron chi connectivity index (χ3n) is 4.53. The van der Waals surface area contributed by atoms with Crippen LogP contribution in [-0.4, -0.2) is 76.1 Å². The first-order valence-corrected chi connectivity index (χ1v) is 8.59. The van der Waals surface area contributed by atoms with Crippen LogP contribution in [0.3, 0.4) is 0 Å². The maximum absolute atomic E-state index is 12.9. The molecule has 0 bridgehead atoms. The fraction of sp³-hybridized carbons (Fsp3) is 0.500. The molecule has 1 saturated heterocycles. The third kappa shape index (κ3) is 4.24. The number of carbonyl (C=O) groups excluding carboxylic acids is 1. The van der Waals surface area contributed by atoms with Crippen LogP contribution >= 0.6 is 0 Å². The number of nitrogens with zero attached hydrogens (tertiary/aromatic N) is 5. The smallest absolute Gasteiger partial charge is 0.276 e. The second kappa shape index (κ2) is 7.76. The van der Waals surface area contributed by atoms with Crippen molar-refractivity contribution in [2.45, 2.75) is 6.42 Å². The molecule has 2 unspecified atom stereocenters. The predicted octanol–water partition coefficient (Wildman–Crippen LogP) is 0.899. The zero-order chi connectivity index (χ0) is 17.8. The number of benzene rings is 1. The maximum atomic E-state index is 12.9. The van der Waals surface area contributed by atoms with Crippen LogP contribution in [0.25, 0.3) is 5.69 Å². The number of carbonyl (C=O) groups is 1. The molecule has 0 aliphatic carbocycles. The molecular formula is C18H25N5O2. The molecular weight excluding hydrogens is 318 g/mol. The Hall–Kier alpha value is -2.25. The number of para-hydroxylation sites is 1. The number of piperidine rings is 1. The van der Waals surface area contributed by atoms with E-state index in [-0.39, 0.29) is 18.4 Å². The van der Waals surface area contributed by atoms with Crippen molar-refractivity contribution in [2.75, 3.05) is 40.3 Å². The lowest BCUT2D eigenvalue weighted by Crippen LogP contribution is -2.47. The molecule has 7 nitrogen and oxygen atoms in total. The normalized spacial score (nSPS) is 20.9. The van der Waals surface area contributed by atoms with E-state index in [9.17, 15) is 9.90 Å². The second-order valence-corrected chi connectivity index (χ2v) is 7.01. The van der Waals surface area contributed by atoms with E-state index in [1.165, 1.54) is 0 Å². The Morgan fingerprint density at radius 2 is 1.96 bits per heavy atom. The van der Waals surface area contributed by atoms with Crippen molar-refractivity contribution in [3.63, 3.8) is 0 Å². The lowest BCUT2D eigenvalue weighted by Gasteiger charge is -2.37. The first-order chi connectivity index (χ1) is 12.1. The molecule has 1 amide bonds. The summed E-state index contributed by atoms with van der Waals surface area (Å²) in [5.74, 6) is 0.352. The molecule has 1 fully saturated rings. The molecule has 1 aromatic heterocycles. The Morgan fingerprint density at radius 1 is 1.24 bits per heavy atom. The molecule has 2 aromatic rings. The van der Waals surface area contributed by atoms with Crippen molar-refractivity contribution in [1.29, 1.82) is 0 Å². The van der Waals surface area contributed by atoms with Crippen LogP contribution in [0.4, 0.5) is 0 Å². The van der Waals surface area contributed by atoms with E-state index in [2.05, 4.69) is 15.2 Å². The minimum Gasteiger partial charge on any atom is -0.396 e. The molecule has 0 spiro atoms. The average Bonchev–Trinajstić information content (AvgIpc) is 3.11. The maximum Gasteiger partial charge on any atom is 0.276 e. The number of amides is 1. The van der Waals surface area contributed by atoms with Crippen molar-refractivity contribution in [2.24, 2.45) is 11.8 Å². The molecule has 1 aliphatic rings. The van der Waals surface area contributed by atoms with Crippen LogP contribution < -0.4 is 0 Å². The third-order valence-corrected chi connectivity index (χ3v) is 4.53. The zero-order valence-corrected chi connectivity index (χ0v) is 14.7. The second-order valence-electron chi connectivity index (χ2n) is 7.01. The summed E-state index contributed by atoms with van der Waals surface area (Å²) in [6, 6.07) is 9.60. The first kappa shape index (κ1) is 17.6. The van der Waals surface area contributed by atoms with Crippen LogP contribution in [0, 0.1) is 11.8 Å². The van der Waals surface area contributed by atoms with E-state index in [0.29, 0.717) is 24.7 Å². The molecule has 1 aromatic carbocycles. The number of hydrogen-bond donors (Lipinski definition) is 1. The van der Waals surface area contributed by atoms with Gasteiger partial charge in [0.15, 0.2) is 5.69 Å². The van der Waals surface area contributed by atoms with Crippen LogP contribution in [-0.2, 0) is 0 Å². The highest BCUT2D eigenvalue weighted by Crippen LogP contribution is 2.23. The van der Waals surface area contributed by atoms with Gasteiger partial charge in [0.25, 0.3) is 5.91 Å². The van der Waals surface area contributed by atoms with Gasteiger partial charge in [0.1, 0.15) is 0 Å². The molecule has 1 N–H and O–H groups in total. The highest BCUT2D eigenvalue weighted by Gasteiger charge is 2.31. The number of likely N-dealkylation sites (tertiary alicyclic amines) is 1. The highest BCUT2D eigenvalue weighted by molar-refractivity contribution is 5.92. The molecule has 7 heteroatoms. The van der Waals surface area contributed by atoms with Crippen LogP contribution in [0.15, 0.2) is 36.5 Å². The average molecular weight is 343 g/mol. The van der Waals surface area contributed by atoms with Gasteiger partial charge in [0.2, 0.25) is 0 Å². The number of aliphatic hydroxyl groups is 1. The first-order valence-electron chi connectivity index (χ1n) is 8.59. The molecule has 134 valence electrons. The Kier molecular flexibility index (Phi) is 5.45. The zero-order valence-electron chi connectivity index (χ0n) is 14.7. The Balaban J connectivity index is 1.74. The fourth-order valence-corrected chi connectivity index (χ4v) is 3.50. The fourth-order valence-electron chi connectivity index (χ4n) is 3.50. The topological polar surface area (TPSA) is 74.5 Å². The summed E-state index contributed by atoms with van der Waals surface area (Å²) < 4.78 is 1.61. The Labute approximate surface area is 147 Å². The molecule has 3 rings (SSSR count). The van der Waals surface area contributed by atoms with E-state index < -0.39 is 0 Å². The quantitative estimate of drug-likeness (QED) is 0.873. The number of aliphatic hydroxyl groups excluding tert-OH is 1. The predicted molar refractivity (Wildman–Crippen MR) is 94.5 cm³/mol. The van der Waals surface area contributed by atoms with Gasteiger partial charge in [-0.15, -0.1) is 5.10 Å². The van der Waals surface area contributed by atoms with Gasteiger partial charge >= 0.3 is 0 Å². The summed E-state index contributed by atoms with van der Waals surface area (Å²) in [5.41, 5.74) is 1.21. The minimum absolute atomic E-state index is 0.102. The summed E-state index contributed by atoms with van der Waals surface area (Å²) in [5, 5.41) is 17.7. The Morgan fingerprint density at radius 3 is 2.64 bits per heavy atom. The van der Waals surface area contributed by atoms with Gasteiger partial charge < -0.3 is 14.9 Å². The standard InChI is InChI=1S/C18H25N5O2/c1-21(2)9-14-8-15(13-24)11-22(10-14)18(25)17-12-23(20-19-17)16-6-4-3-5-7-16/h3-7,12,14-15,24H,8-11,13H2,1-2H3. The Bertz CT molecular complexity index is 701. The van der Waals surface area contributed by atoms with Gasteiger partial charge in [0.05, 0.1) is 11.9 Å². The summed E-state index contributed by atoms with van der Waals surface area (Å²) in [4.78, 5) is 16.8. The monoisotopic (exact) mass is 343 g/mol. The van der Waals surface area contributed by atoms with Crippen molar-refractivity contribution in [1.82, 2.24) is 24.8 Å². The van der Waals surface area contributed by atoms with E-state index in [4.69, 9.17) is 0 Å². The number of hydrogen-bond acceptors (Lipinski definition) is 5. The SMILES string of the molecule is CN(C)CC1CC(CO)CN(C(=O)c2cn(-c3ccccc3)nn2)C1.